The third-order valence-corrected chi connectivity index (χ3v) is 6.41. The molecule has 0 bridgehead atoms. The summed E-state index contributed by atoms with van der Waals surface area (Å²) in [5.74, 6) is 2.01. The van der Waals surface area contributed by atoms with Crippen LogP contribution in [0.3, 0.4) is 0 Å². The van der Waals surface area contributed by atoms with Gasteiger partial charge in [-0.2, -0.15) is 6.07 Å². The van der Waals surface area contributed by atoms with Crippen LogP contribution in [0.5, 0.6) is 17.4 Å². The molecule has 36 heavy (non-hydrogen) atoms. The molecule has 5 nitrogen and oxygen atoms in total. The largest absolute Gasteiger partial charge is 0.506 e. The first-order valence-corrected chi connectivity index (χ1v) is 11.9. The number of hydrogen-bond donors (Lipinski definition) is 1. The Labute approximate surface area is 223 Å². The normalized spacial score (nSPS) is 11.2. The molecule has 6 heteroatoms. The summed E-state index contributed by atoms with van der Waals surface area (Å²) >= 11 is 0. The molecule has 6 aromatic rings. The summed E-state index contributed by atoms with van der Waals surface area (Å²) in [6, 6.07) is 29.1. The van der Waals surface area contributed by atoms with Crippen molar-refractivity contribution >= 4 is 32.7 Å². The summed E-state index contributed by atoms with van der Waals surface area (Å²) in [5.41, 5.74) is 4.73. The zero-order valence-electron chi connectivity index (χ0n) is 19.9. The maximum Gasteiger partial charge on any atom is 0.217 e. The first-order chi connectivity index (χ1) is 17.2. The van der Waals surface area contributed by atoms with Gasteiger partial charge >= 0.3 is 0 Å². The van der Waals surface area contributed by atoms with Crippen LogP contribution in [0.4, 0.5) is 0 Å². The van der Waals surface area contributed by atoms with Crippen LogP contribution >= 0.6 is 0 Å². The van der Waals surface area contributed by atoms with E-state index >= 15 is 0 Å². The third-order valence-electron chi connectivity index (χ3n) is 6.41. The Hall–Kier alpha value is -3.69. The van der Waals surface area contributed by atoms with E-state index in [9.17, 15) is 5.11 Å². The maximum absolute atomic E-state index is 10.2. The van der Waals surface area contributed by atoms with Gasteiger partial charge in [0.1, 0.15) is 17.1 Å². The minimum absolute atomic E-state index is 0. The summed E-state index contributed by atoms with van der Waals surface area (Å²) in [6.45, 7) is 4.27. The average Bonchev–Trinajstić information content (AvgIpc) is 3.22. The van der Waals surface area contributed by atoms with Crippen LogP contribution in [0.1, 0.15) is 25.1 Å². The Morgan fingerprint density at radius 2 is 1.69 bits per heavy atom. The number of aromatic nitrogens is 3. The summed E-state index contributed by atoms with van der Waals surface area (Å²) < 4.78 is 8.32. The summed E-state index contributed by atoms with van der Waals surface area (Å²) in [4.78, 5) is 9.54. The molecule has 182 valence electrons. The second-order valence-electron chi connectivity index (χ2n) is 8.53. The SMILES string of the molecule is CCc1ccc(CC)c(-n2c3[c-]c(Oc4ccc5cccc(O)c5n4)ccc3c3ccccc32)n1.[Pt]. The van der Waals surface area contributed by atoms with E-state index in [-0.39, 0.29) is 26.8 Å². The molecule has 3 heterocycles. The first-order valence-electron chi connectivity index (χ1n) is 11.9. The fraction of sp³-hybridized carbons (Fsp3) is 0.133. The van der Waals surface area contributed by atoms with Crippen LogP contribution in [0.25, 0.3) is 38.5 Å². The van der Waals surface area contributed by atoms with Gasteiger partial charge in [0.2, 0.25) is 5.88 Å². The van der Waals surface area contributed by atoms with Crippen LogP contribution in [0.15, 0.2) is 78.9 Å². The number of benzene rings is 3. The molecule has 0 atom stereocenters. The topological polar surface area (TPSA) is 60.2 Å². The number of para-hydroxylation sites is 2. The second kappa shape index (κ2) is 9.75. The van der Waals surface area contributed by atoms with Crippen LogP contribution in [-0.2, 0) is 33.9 Å². The van der Waals surface area contributed by atoms with E-state index in [0.29, 0.717) is 17.1 Å². The van der Waals surface area contributed by atoms with Crippen molar-refractivity contribution in [1.82, 2.24) is 14.5 Å². The van der Waals surface area contributed by atoms with Crippen molar-refractivity contribution < 1.29 is 30.9 Å². The van der Waals surface area contributed by atoms with Gasteiger partial charge in [-0.1, -0.05) is 55.8 Å². The summed E-state index contributed by atoms with van der Waals surface area (Å²) in [6.07, 6.45) is 1.74. The van der Waals surface area contributed by atoms with Crippen molar-refractivity contribution in [1.29, 1.82) is 0 Å². The number of aromatic hydroxyl groups is 1. The quantitative estimate of drug-likeness (QED) is 0.201. The van der Waals surface area contributed by atoms with Gasteiger partial charge in [0, 0.05) is 49.5 Å². The van der Waals surface area contributed by atoms with E-state index in [2.05, 4.69) is 71.9 Å². The van der Waals surface area contributed by atoms with Crippen molar-refractivity contribution in [2.24, 2.45) is 0 Å². The minimum atomic E-state index is 0. The summed E-state index contributed by atoms with van der Waals surface area (Å²) in [5, 5.41) is 13.3. The van der Waals surface area contributed by atoms with E-state index < -0.39 is 0 Å². The number of phenols is 1. The van der Waals surface area contributed by atoms with Crippen molar-refractivity contribution in [2.45, 2.75) is 26.7 Å². The fourth-order valence-corrected chi connectivity index (χ4v) is 4.62. The van der Waals surface area contributed by atoms with Crippen LogP contribution in [0.2, 0.25) is 0 Å². The van der Waals surface area contributed by atoms with Crippen molar-refractivity contribution in [3.63, 3.8) is 0 Å². The van der Waals surface area contributed by atoms with E-state index in [0.717, 1.165) is 51.5 Å². The molecule has 0 spiro atoms. The number of rotatable bonds is 5. The van der Waals surface area contributed by atoms with Gasteiger partial charge in [0.05, 0.1) is 0 Å². The summed E-state index contributed by atoms with van der Waals surface area (Å²) in [7, 11) is 0. The van der Waals surface area contributed by atoms with Gasteiger partial charge in [0.25, 0.3) is 0 Å². The van der Waals surface area contributed by atoms with Crippen LogP contribution in [0, 0.1) is 6.07 Å². The van der Waals surface area contributed by atoms with Crippen LogP contribution < -0.4 is 4.74 Å². The zero-order chi connectivity index (χ0) is 23.9. The van der Waals surface area contributed by atoms with E-state index in [4.69, 9.17) is 9.72 Å². The van der Waals surface area contributed by atoms with Crippen molar-refractivity contribution in [2.75, 3.05) is 0 Å². The molecule has 0 aliphatic carbocycles. The predicted molar refractivity (Wildman–Crippen MR) is 140 cm³/mol. The van der Waals surface area contributed by atoms with Crippen LogP contribution in [-0.4, -0.2) is 19.6 Å². The number of phenolic OH excluding ortho intramolecular Hbond substituents is 1. The number of aryl methyl sites for hydroxylation is 2. The monoisotopic (exact) mass is 653 g/mol. The molecule has 1 N–H and O–H groups in total. The molecular formula is C30H24N3O2Pt-. The molecular weight excluding hydrogens is 629 g/mol. The molecule has 0 fully saturated rings. The maximum atomic E-state index is 10.2. The molecule has 0 unspecified atom stereocenters. The number of ether oxygens (including phenoxy) is 1. The van der Waals surface area contributed by atoms with E-state index in [1.54, 1.807) is 18.2 Å². The molecule has 3 aromatic heterocycles. The van der Waals surface area contributed by atoms with E-state index in [1.807, 2.05) is 18.2 Å². The van der Waals surface area contributed by atoms with Crippen molar-refractivity contribution in [3.8, 4) is 23.2 Å². The number of nitrogens with zero attached hydrogens (tertiary/aromatic N) is 3. The second-order valence-corrected chi connectivity index (χ2v) is 8.53. The Bertz CT molecular complexity index is 1730. The number of hydrogen-bond acceptors (Lipinski definition) is 4. The first kappa shape index (κ1) is 24.0. The zero-order valence-corrected chi connectivity index (χ0v) is 22.2. The molecule has 0 amide bonds. The Morgan fingerprint density at radius 3 is 2.53 bits per heavy atom. The molecule has 0 aliphatic rings. The Morgan fingerprint density at radius 1 is 0.833 bits per heavy atom. The average molecular weight is 654 g/mol. The molecule has 0 radical (unpaired) electrons. The number of fused-ring (bicyclic) bond motifs is 4. The standard InChI is InChI=1S/C30H24N3O2.Pt/c1-3-19-12-14-21(4-2)31-30(19)33-25-10-6-5-9-23(25)24-16-15-22(18-26(24)33)35-28-17-13-20-8-7-11-27(34)29(20)32-28;/h5-17,34H,3-4H2,1-2H3;/q-1;. The minimum Gasteiger partial charge on any atom is -0.506 e. The van der Waals surface area contributed by atoms with Gasteiger partial charge in [-0.05, 0) is 48.1 Å². The van der Waals surface area contributed by atoms with Crippen molar-refractivity contribution in [3.05, 3.63) is 96.2 Å². The van der Waals surface area contributed by atoms with Gasteiger partial charge in [-0.3, -0.25) is 0 Å². The fourth-order valence-electron chi connectivity index (χ4n) is 4.62. The number of pyridine rings is 2. The molecule has 0 saturated heterocycles. The van der Waals surface area contributed by atoms with Gasteiger partial charge in [-0.25, -0.2) is 9.97 Å². The Kier molecular flexibility index (Phi) is 6.51. The third kappa shape index (κ3) is 4.04. The van der Waals surface area contributed by atoms with Gasteiger partial charge in [-0.15, -0.1) is 17.5 Å². The van der Waals surface area contributed by atoms with E-state index in [1.165, 1.54) is 5.56 Å². The molecule has 0 aliphatic heterocycles. The van der Waals surface area contributed by atoms with Gasteiger partial charge in [0.15, 0.2) is 0 Å². The smallest absolute Gasteiger partial charge is 0.217 e. The predicted octanol–water partition coefficient (Wildman–Crippen LogP) is 7.15. The molecule has 0 saturated carbocycles. The Balaban J connectivity index is 0.00000267. The molecule has 6 rings (SSSR count). The molecule has 3 aromatic carbocycles. The van der Waals surface area contributed by atoms with Gasteiger partial charge < -0.3 is 14.4 Å².